The number of benzene rings is 2. The van der Waals surface area contributed by atoms with Crippen molar-refractivity contribution in [3.05, 3.63) is 70.8 Å². The number of nitrogens with one attached hydrogen (secondary N) is 2. The smallest absolute Gasteiger partial charge is 0.336 e. The van der Waals surface area contributed by atoms with E-state index in [0.717, 1.165) is 0 Å². The van der Waals surface area contributed by atoms with Gasteiger partial charge >= 0.3 is 5.97 Å². The Morgan fingerprint density at radius 1 is 0.917 bits per heavy atom. The summed E-state index contributed by atoms with van der Waals surface area (Å²) in [5.41, 5.74) is 4.59. The Morgan fingerprint density at radius 2 is 1.50 bits per heavy atom. The van der Waals surface area contributed by atoms with Gasteiger partial charge in [0.05, 0.1) is 11.8 Å². The summed E-state index contributed by atoms with van der Waals surface area (Å²) < 4.78 is 0. The Kier molecular flexibility index (Phi) is 5.37. The van der Waals surface area contributed by atoms with Crippen LogP contribution in [0.4, 0.5) is 0 Å². The van der Waals surface area contributed by atoms with Crippen LogP contribution in [0.1, 0.15) is 36.6 Å². The highest BCUT2D eigenvalue weighted by Crippen LogP contribution is 2.06. The fourth-order valence-electron chi connectivity index (χ4n) is 1.87. The Morgan fingerprint density at radius 3 is 2.08 bits per heavy atom. The third kappa shape index (κ3) is 4.02. The highest BCUT2D eigenvalue weighted by Gasteiger charge is 2.09. The van der Waals surface area contributed by atoms with Gasteiger partial charge in [-0.1, -0.05) is 18.2 Å². The van der Waals surface area contributed by atoms with E-state index in [9.17, 15) is 14.4 Å². The van der Waals surface area contributed by atoms with Gasteiger partial charge < -0.3 is 5.11 Å². The van der Waals surface area contributed by atoms with Crippen LogP contribution < -0.4 is 10.9 Å². The Balaban J connectivity index is 2.05. The average molecular weight is 327 g/mol. The van der Waals surface area contributed by atoms with Gasteiger partial charge in [-0.05, 0) is 30.3 Å². The van der Waals surface area contributed by atoms with Crippen LogP contribution in [-0.4, -0.2) is 34.3 Å². The Labute approximate surface area is 136 Å². The van der Waals surface area contributed by atoms with E-state index >= 15 is 0 Å². The van der Waals surface area contributed by atoms with Gasteiger partial charge in [-0.25, -0.2) is 15.7 Å². The molecule has 24 heavy (non-hydrogen) atoms. The fraction of sp³-hybridized carbons (Fsp3) is 0. The minimum Gasteiger partial charge on any atom is -0.478 e. The van der Waals surface area contributed by atoms with Gasteiger partial charge in [0.2, 0.25) is 0 Å². The predicted molar refractivity (Wildman–Crippen MR) is 84.2 cm³/mol. The molecule has 0 atom stereocenters. The number of nitrogens with zero attached hydrogens (tertiary/aromatic N) is 1. The first-order valence-corrected chi connectivity index (χ1v) is 6.73. The van der Waals surface area contributed by atoms with Gasteiger partial charge in [-0.2, -0.15) is 5.10 Å². The highest BCUT2D eigenvalue weighted by atomic mass is 16.5. The molecule has 4 N–H and O–H groups in total. The maximum atomic E-state index is 11.9. The van der Waals surface area contributed by atoms with Crippen molar-refractivity contribution in [3.8, 4) is 0 Å². The van der Waals surface area contributed by atoms with Crippen LogP contribution in [0.2, 0.25) is 0 Å². The predicted octanol–water partition coefficient (Wildman–Crippen LogP) is 1.27. The summed E-state index contributed by atoms with van der Waals surface area (Å²) in [5, 5.41) is 21.3. The number of amides is 2. The number of rotatable bonds is 5. The molecule has 0 fully saturated rings. The summed E-state index contributed by atoms with van der Waals surface area (Å²) in [7, 11) is 0. The molecule has 122 valence electrons. The average Bonchev–Trinajstić information content (AvgIpc) is 2.61. The zero-order chi connectivity index (χ0) is 17.5. The molecule has 8 nitrogen and oxygen atoms in total. The van der Waals surface area contributed by atoms with Crippen molar-refractivity contribution in [2.75, 3.05) is 0 Å². The zero-order valence-electron chi connectivity index (χ0n) is 12.3. The molecule has 8 heteroatoms. The van der Waals surface area contributed by atoms with Crippen molar-refractivity contribution in [1.29, 1.82) is 0 Å². The molecule has 0 aromatic heterocycles. The van der Waals surface area contributed by atoms with Crippen molar-refractivity contribution in [2.45, 2.75) is 0 Å². The van der Waals surface area contributed by atoms with Gasteiger partial charge in [-0.15, -0.1) is 0 Å². The molecule has 0 radical (unpaired) electrons. The van der Waals surface area contributed by atoms with Crippen LogP contribution in [0.3, 0.4) is 0 Å². The SMILES string of the molecule is O=C(NO)c1ccc(C(=O)N/N=C/c2ccccc2C(=O)O)cc1. The fourth-order valence-corrected chi connectivity index (χ4v) is 1.87. The standard InChI is InChI=1S/C16H13N3O5/c20-14(10-5-7-11(8-6-10)15(21)19-24)18-17-9-12-3-1-2-4-13(12)16(22)23/h1-9,24H,(H,18,20)(H,19,21)(H,22,23)/b17-9+. The lowest BCUT2D eigenvalue weighted by Gasteiger charge is -2.03. The van der Waals surface area contributed by atoms with Crippen molar-refractivity contribution < 1.29 is 24.7 Å². The number of hydrazone groups is 1. The molecular formula is C16H13N3O5. The maximum absolute atomic E-state index is 11.9. The first kappa shape index (κ1) is 16.8. The molecule has 0 aliphatic rings. The monoisotopic (exact) mass is 327 g/mol. The van der Waals surface area contributed by atoms with Gasteiger partial charge in [0.1, 0.15) is 0 Å². The van der Waals surface area contributed by atoms with Crippen LogP contribution in [-0.2, 0) is 0 Å². The number of hydrogen-bond acceptors (Lipinski definition) is 5. The van der Waals surface area contributed by atoms with E-state index in [4.69, 9.17) is 10.3 Å². The zero-order valence-corrected chi connectivity index (χ0v) is 12.3. The summed E-state index contributed by atoms with van der Waals surface area (Å²) >= 11 is 0. The molecule has 0 unspecified atom stereocenters. The van der Waals surface area contributed by atoms with Crippen molar-refractivity contribution >= 4 is 24.0 Å². The molecule has 0 saturated carbocycles. The topological polar surface area (TPSA) is 128 Å². The number of carbonyl (C=O) groups is 3. The molecule has 0 spiro atoms. The lowest BCUT2D eigenvalue weighted by atomic mass is 10.1. The maximum Gasteiger partial charge on any atom is 0.336 e. The summed E-state index contributed by atoms with van der Waals surface area (Å²) in [4.78, 5) is 34.1. The summed E-state index contributed by atoms with van der Waals surface area (Å²) in [5.74, 6) is -2.32. The van der Waals surface area contributed by atoms with E-state index in [1.54, 1.807) is 18.2 Å². The summed E-state index contributed by atoms with van der Waals surface area (Å²) in [6, 6.07) is 11.7. The molecular weight excluding hydrogens is 314 g/mol. The van der Waals surface area contributed by atoms with Gasteiger partial charge in [-0.3, -0.25) is 14.8 Å². The van der Waals surface area contributed by atoms with E-state index in [0.29, 0.717) is 5.56 Å². The number of carboxylic acid groups (broad SMARTS) is 1. The van der Waals surface area contributed by atoms with E-state index in [1.165, 1.54) is 42.0 Å². The second kappa shape index (κ2) is 7.65. The molecule has 0 bridgehead atoms. The summed E-state index contributed by atoms with van der Waals surface area (Å²) in [6.45, 7) is 0. The van der Waals surface area contributed by atoms with Crippen molar-refractivity contribution in [2.24, 2.45) is 5.10 Å². The minimum absolute atomic E-state index is 0.0647. The molecule has 0 heterocycles. The van der Waals surface area contributed by atoms with Crippen molar-refractivity contribution in [3.63, 3.8) is 0 Å². The normalized spacial score (nSPS) is 10.4. The molecule has 0 saturated heterocycles. The van der Waals surface area contributed by atoms with E-state index in [1.807, 2.05) is 0 Å². The van der Waals surface area contributed by atoms with Crippen LogP contribution in [0, 0.1) is 0 Å². The molecule has 0 aliphatic carbocycles. The molecule has 0 aliphatic heterocycles. The molecule has 2 amide bonds. The molecule has 2 rings (SSSR count). The minimum atomic E-state index is -1.10. The summed E-state index contributed by atoms with van der Waals surface area (Å²) in [6.07, 6.45) is 1.23. The Hall–Kier alpha value is -3.52. The Bertz CT molecular complexity index is 800. The third-order valence-electron chi connectivity index (χ3n) is 3.07. The molecule has 2 aromatic rings. The largest absolute Gasteiger partial charge is 0.478 e. The second-order valence-electron chi connectivity index (χ2n) is 4.61. The first-order valence-electron chi connectivity index (χ1n) is 6.73. The molecule has 2 aromatic carbocycles. The third-order valence-corrected chi connectivity index (χ3v) is 3.07. The number of aromatic carboxylic acids is 1. The van der Waals surface area contributed by atoms with Crippen LogP contribution >= 0.6 is 0 Å². The van der Waals surface area contributed by atoms with E-state index in [-0.39, 0.29) is 16.7 Å². The number of carboxylic acids is 1. The van der Waals surface area contributed by atoms with Gasteiger partial charge in [0.15, 0.2) is 0 Å². The number of carbonyl (C=O) groups excluding carboxylic acids is 2. The first-order chi connectivity index (χ1) is 11.5. The van der Waals surface area contributed by atoms with Crippen LogP contribution in [0.5, 0.6) is 0 Å². The van der Waals surface area contributed by atoms with E-state index < -0.39 is 17.8 Å². The van der Waals surface area contributed by atoms with Crippen molar-refractivity contribution in [1.82, 2.24) is 10.9 Å². The quantitative estimate of drug-likeness (QED) is 0.373. The van der Waals surface area contributed by atoms with Gasteiger partial charge in [0.25, 0.3) is 11.8 Å². The van der Waals surface area contributed by atoms with E-state index in [2.05, 4.69) is 10.5 Å². The lowest BCUT2D eigenvalue weighted by Crippen LogP contribution is -2.20. The highest BCUT2D eigenvalue weighted by molar-refractivity contribution is 6.00. The van der Waals surface area contributed by atoms with Crippen LogP contribution in [0.25, 0.3) is 0 Å². The van der Waals surface area contributed by atoms with Gasteiger partial charge in [0, 0.05) is 16.7 Å². The lowest BCUT2D eigenvalue weighted by molar-refractivity contribution is 0.0693. The second-order valence-corrected chi connectivity index (χ2v) is 4.61. The van der Waals surface area contributed by atoms with Crippen LogP contribution in [0.15, 0.2) is 53.6 Å². The number of hydrogen-bond donors (Lipinski definition) is 4. The number of hydroxylamine groups is 1.